The molecule has 0 amide bonds. The van der Waals surface area contributed by atoms with E-state index in [2.05, 4.69) is 5.32 Å². The van der Waals surface area contributed by atoms with E-state index in [1.807, 2.05) is 0 Å². The summed E-state index contributed by atoms with van der Waals surface area (Å²) < 4.78 is 11.3. The topological polar surface area (TPSA) is 30.5 Å². The Hall–Kier alpha value is -0.120. The van der Waals surface area contributed by atoms with Crippen LogP contribution in [-0.4, -0.2) is 39.0 Å². The van der Waals surface area contributed by atoms with E-state index in [-0.39, 0.29) is 0 Å². The summed E-state index contributed by atoms with van der Waals surface area (Å²) in [6.45, 7) is 4.71. The summed E-state index contributed by atoms with van der Waals surface area (Å²) in [6, 6.07) is 0. The fraction of sp³-hybridized carbons (Fsp3) is 1.00. The van der Waals surface area contributed by atoms with Gasteiger partial charge in [0.05, 0.1) is 19.3 Å². The molecule has 100 valence electrons. The maximum absolute atomic E-state index is 5.65. The Labute approximate surface area is 105 Å². The van der Waals surface area contributed by atoms with Gasteiger partial charge in [0.1, 0.15) is 0 Å². The first-order valence-corrected chi connectivity index (χ1v) is 7.35. The lowest BCUT2D eigenvalue weighted by Gasteiger charge is -2.22. The Kier molecular flexibility index (Phi) is 6.32. The van der Waals surface area contributed by atoms with E-state index in [1.54, 1.807) is 0 Å². The molecular formula is C14H27NO2. The Morgan fingerprint density at radius 1 is 1.06 bits per heavy atom. The molecule has 2 fully saturated rings. The molecule has 1 N–H and O–H groups in total. The third kappa shape index (κ3) is 5.36. The number of hydrogen-bond acceptors (Lipinski definition) is 3. The lowest BCUT2D eigenvalue weighted by Crippen LogP contribution is -2.28. The van der Waals surface area contributed by atoms with Crippen molar-refractivity contribution in [2.24, 2.45) is 5.92 Å². The van der Waals surface area contributed by atoms with Gasteiger partial charge in [-0.2, -0.15) is 0 Å². The van der Waals surface area contributed by atoms with Crippen LogP contribution in [-0.2, 0) is 9.47 Å². The van der Waals surface area contributed by atoms with Gasteiger partial charge in [0.2, 0.25) is 0 Å². The van der Waals surface area contributed by atoms with Gasteiger partial charge in [-0.05, 0) is 44.6 Å². The van der Waals surface area contributed by atoms with E-state index in [9.17, 15) is 0 Å². The molecular weight excluding hydrogens is 214 g/mol. The normalized spacial score (nSPS) is 26.5. The highest BCUT2D eigenvalue weighted by Crippen LogP contribution is 2.23. The molecule has 1 unspecified atom stereocenters. The SMILES string of the molecule is C1CCC(COCCNCC2CCCC2)OC1. The van der Waals surface area contributed by atoms with Crippen molar-refractivity contribution in [3.8, 4) is 0 Å². The Balaban J connectivity index is 1.38. The predicted octanol–water partition coefficient (Wildman–Crippen LogP) is 2.35. The lowest BCUT2D eigenvalue weighted by atomic mass is 10.1. The first kappa shape index (κ1) is 13.3. The molecule has 0 aromatic heterocycles. The molecule has 1 aliphatic carbocycles. The molecule has 1 aliphatic heterocycles. The molecule has 0 bridgehead atoms. The van der Waals surface area contributed by atoms with Crippen LogP contribution >= 0.6 is 0 Å². The summed E-state index contributed by atoms with van der Waals surface area (Å²) in [7, 11) is 0. The fourth-order valence-electron chi connectivity index (χ4n) is 2.82. The van der Waals surface area contributed by atoms with Crippen molar-refractivity contribution in [3.63, 3.8) is 0 Å². The van der Waals surface area contributed by atoms with Crippen molar-refractivity contribution in [2.45, 2.75) is 51.0 Å². The Bertz CT molecular complexity index is 187. The molecule has 1 saturated heterocycles. The van der Waals surface area contributed by atoms with Crippen LogP contribution in [0.1, 0.15) is 44.9 Å². The van der Waals surface area contributed by atoms with Gasteiger partial charge < -0.3 is 14.8 Å². The molecule has 0 spiro atoms. The first-order valence-electron chi connectivity index (χ1n) is 7.35. The highest BCUT2D eigenvalue weighted by molar-refractivity contribution is 4.69. The summed E-state index contributed by atoms with van der Waals surface area (Å²) in [5.41, 5.74) is 0. The van der Waals surface area contributed by atoms with Gasteiger partial charge in [0.15, 0.2) is 0 Å². The van der Waals surface area contributed by atoms with Crippen LogP contribution in [0.3, 0.4) is 0 Å². The molecule has 2 rings (SSSR count). The molecule has 1 heterocycles. The zero-order chi connectivity index (χ0) is 11.8. The number of ether oxygens (including phenoxy) is 2. The second-order valence-corrected chi connectivity index (χ2v) is 5.42. The van der Waals surface area contributed by atoms with Gasteiger partial charge in [-0.25, -0.2) is 0 Å². The quantitative estimate of drug-likeness (QED) is 0.694. The molecule has 17 heavy (non-hydrogen) atoms. The van der Waals surface area contributed by atoms with Gasteiger partial charge >= 0.3 is 0 Å². The zero-order valence-corrected chi connectivity index (χ0v) is 11.0. The van der Waals surface area contributed by atoms with E-state index in [0.717, 1.165) is 32.3 Å². The maximum Gasteiger partial charge on any atom is 0.0808 e. The van der Waals surface area contributed by atoms with Crippen LogP contribution in [0.5, 0.6) is 0 Å². The molecule has 1 atom stereocenters. The second kappa shape index (κ2) is 8.06. The van der Waals surface area contributed by atoms with Crippen LogP contribution in [0.4, 0.5) is 0 Å². The van der Waals surface area contributed by atoms with E-state index >= 15 is 0 Å². The van der Waals surface area contributed by atoms with E-state index in [0.29, 0.717) is 6.10 Å². The van der Waals surface area contributed by atoms with Crippen LogP contribution < -0.4 is 5.32 Å². The van der Waals surface area contributed by atoms with Crippen LogP contribution in [0.2, 0.25) is 0 Å². The van der Waals surface area contributed by atoms with Crippen LogP contribution in [0.15, 0.2) is 0 Å². The molecule has 0 aromatic carbocycles. The van der Waals surface area contributed by atoms with Gasteiger partial charge in [-0.1, -0.05) is 12.8 Å². The Morgan fingerprint density at radius 3 is 2.65 bits per heavy atom. The Morgan fingerprint density at radius 2 is 1.88 bits per heavy atom. The summed E-state index contributed by atoms with van der Waals surface area (Å²) >= 11 is 0. The van der Waals surface area contributed by atoms with Crippen molar-refractivity contribution in [1.29, 1.82) is 0 Å². The van der Waals surface area contributed by atoms with E-state index in [1.165, 1.54) is 51.5 Å². The average Bonchev–Trinajstić information content (AvgIpc) is 2.88. The summed E-state index contributed by atoms with van der Waals surface area (Å²) in [5, 5.41) is 3.50. The summed E-state index contributed by atoms with van der Waals surface area (Å²) in [4.78, 5) is 0. The first-order chi connectivity index (χ1) is 8.45. The molecule has 2 aliphatic rings. The van der Waals surface area contributed by atoms with Gasteiger partial charge in [0.25, 0.3) is 0 Å². The highest BCUT2D eigenvalue weighted by atomic mass is 16.5. The van der Waals surface area contributed by atoms with Gasteiger partial charge in [-0.3, -0.25) is 0 Å². The minimum Gasteiger partial charge on any atom is -0.377 e. The molecule has 0 aromatic rings. The molecule has 1 saturated carbocycles. The largest absolute Gasteiger partial charge is 0.377 e. The van der Waals surface area contributed by atoms with Crippen molar-refractivity contribution < 1.29 is 9.47 Å². The van der Waals surface area contributed by atoms with E-state index in [4.69, 9.17) is 9.47 Å². The molecule has 3 heteroatoms. The number of rotatable bonds is 7. The summed E-state index contributed by atoms with van der Waals surface area (Å²) in [5.74, 6) is 0.927. The van der Waals surface area contributed by atoms with Gasteiger partial charge in [-0.15, -0.1) is 0 Å². The number of nitrogens with one attached hydrogen (secondary N) is 1. The van der Waals surface area contributed by atoms with Crippen molar-refractivity contribution in [2.75, 3.05) is 32.9 Å². The minimum atomic E-state index is 0.360. The standard InChI is InChI=1S/C14H27NO2/c1-2-6-13(5-1)11-15-8-10-16-12-14-7-3-4-9-17-14/h13-15H,1-12H2. The second-order valence-electron chi connectivity index (χ2n) is 5.42. The molecule has 3 nitrogen and oxygen atoms in total. The smallest absolute Gasteiger partial charge is 0.0808 e. The zero-order valence-electron chi connectivity index (χ0n) is 11.0. The average molecular weight is 241 g/mol. The maximum atomic E-state index is 5.65. The molecule has 0 radical (unpaired) electrons. The monoisotopic (exact) mass is 241 g/mol. The predicted molar refractivity (Wildman–Crippen MR) is 69.2 cm³/mol. The minimum absolute atomic E-state index is 0.360. The van der Waals surface area contributed by atoms with E-state index < -0.39 is 0 Å². The lowest BCUT2D eigenvalue weighted by molar-refractivity contribution is -0.0399. The van der Waals surface area contributed by atoms with Gasteiger partial charge in [0, 0.05) is 13.2 Å². The summed E-state index contributed by atoms with van der Waals surface area (Å²) in [6.07, 6.45) is 9.76. The third-order valence-electron chi connectivity index (χ3n) is 3.91. The highest BCUT2D eigenvalue weighted by Gasteiger charge is 2.14. The van der Waals surface area contributed by atoms with Crippen molar-refractivity contribution >= 4 is 0 Å². The van der Waals surface area contributed by atoms with Crippen LogP contribution in [0.25, 0.3) is 0 Å². The fourth-order valence-corrected chi connectivity index (χ4v) is 2.82. The van der Waals surface area contributed by atoms with Crippen molar-refractivity contribution in [3.05, 3.63) is 0 Å². The van der Waals surface area contributed by atoms with Crippen molar-refractivity contribution in [1.82, 2.24) is 5.32 Å². The number of hydrogen-bond donors (Lipinski definition) is 1. The van der Waals surface area contributed by atoms with Crippen LogP contribution in [0, 0.1) is 5.92 Å². The third-order valence-corrected chi connectivity index (χ3v) is 3.91.